The molecular formula is C14H18FNO3. The monoisotopic (exact) mass is 267 g/mol. The van der Waals surface area contributed by atoms with Crippen LogP contribution in [0.4, 0.5) is 4.39 Å². The molecule has 0 spiro atoms. The number of esters is 1. The van der Waals surface area contributed by atoms with Crippen molar-refractivity contribution in [2.45, 2.75) is 31.8 Å². The van der Waals surface area contributed by atoms with Crippen molar-refractivity contribution in [2.75, 3.05) is 13.7 Å². The molecule has 2 rings (SSSR count). The number of hydrogen-bond donors (Lipinski definition) is 1. The number of rotatable bonds is 6. The Morgan fingerprint density at radius 3 is 2.79 bits per heavy atom. The number of hydrogen-bond acceptors (Lipinski definition) is 4. The van der Waals surface area contributed by atoms with Crippen molar-refractivity contribution in [2.24, 2.45) is 0 Å². The summed E-state index contributed by atoms with van der Waals surface area (Å²) in [6.45, 7) is 2.19. The molecule has 0 saturated heterocycles. The molecular weight excluding hydrogens is 249 g/mol. The summed E-state index contributed by atoms with van der Waals surface area (Å²) in [7, 11) is 1.33. The van der Waals surface area contributed by atoms with Gasteiger partial charge in [0.1, 0.15) is 6.04 Å². The van der Waals surface area contributed by atoms with E-state index >= 15 is 0 Å². The van der Waals surface area contributed by atoms with Gasteiger partial charge in [-0.25, -0.2) is 9.18 Å². The number of nitrogens with one attached hydrogen (secondary N) is 1. The summed E-state index contributed by atoms with van der Waals surface area (Å²) in [4.78, 5) is 11.8. The predicted octanol–water partition coefficient (Wildman–Crippen LogP) is 2.19. The van der Waals surface area contributed by atoms with Crippen LogP contribution in [-0.2, 0) is 9.53 Å². The van der Waals surface area contributed by atoms with E-state index in [1.54, 1.807) is 19.1 Å². The van der Waals surface area contributed by atoms with Crippen molar-refractivity contribution < 1.29 is 18.7 Å². The summed E-state index contributed by atoms with van der Waals surface area (Å²) in [5.41, 5.74) is 0.555. The zero-order valence-electron chi connectivity index (χ0n) is 11.1. The molecule has 104 valence electrons. The molecule has 4 nitrogen and oxygen atoms in total. The first-order valence-corrected chi connectivity index (χ1v) is 6.41. The Morgan fingerprint density at radius 1 is 1.53 bits per heavy atom. The quantitative estimate of drug-likeness (QED) is 0.803. The second-order valence-electron chi connectivity index (χ2n) is 4.52. The Balaban J connectivity index is 2.20. The molecule has 1 fully saturated rings. The maximum Gasteiger partial charge on any atom is 0.327 e. The molecule has 1 aromatic rings. The van der Waals surface area contributed by atoms with Gasteiger partial charge in [-0.15, -0.1) is 0 Å². The Labute approximate surface area is 111 Å². The average Bonchev–Trinajstić information content (AvgIpc) is 3.22. The SMILES string of the molecule is CCOc1ccc(C(NC2CC2)C(=O)OC)cc1F. The van der Waals surface area contributed by atoms with Gasteiger partial charge in [-0.05, 0) is 37.5 Å². The minimum atomic E-state index is -0.623. The van der Waals surface area contributed by atoms with Crippen LogP contribution in [0.3, 0.4) is 0 Å². The third-order valence-corrected chi connectivity index (χ3v) is 3.01. The largest absolute Gasteiger partial charge is 0.491 e. The molecule has 0 bridgehead atoms. The van der Waals surface area contributed by atoms with Gasteiger partial charge >= 0.3 is 5.97 Å². The summed E-state index contributed by atoms with van der Waals surface area (Å²) in [6, 6.07) is 4.24. The van der Waals surface area contributed by atoms with E-state index in [1.165, 1.54) is 13.2 Å². The van der Waals surface area contributed by atoms with E-state index in [9.17, 15) is 9.18 Å². The lowest BCUT2D eigenvalue weighted by Gasteiger charge is -2.17. The Hall–Kier alpha value is -1.62. The normalized spacial score (nSPS) is 15.9. The second kappa shape index (κ2) is 6.02. The van der Waals surface area contributed by atoms with Crippen LogP contribution in [0.2, 0.25) is 0 Å². The van der Waals surface area contributed by atoms with E-state index in [2.05, 4.69) is 5.32 Å². The van der Waals surface area contributed by atoms with Crippen LogP contribution >= 0.6 is 0 Å². The number of benzene rings is 1. The maximum atomic E-state index is 13.8. The van der Waals surface area contributed by atoms with Gasteiger partial charge in [0, 0.05) is 6.04 Å². The Morgan fingerprint density at radius 2 is 2.26 bits per heavy atom. The van der Waals surface area contributed by atoms with Crippen molar-refractivity contribution >= 4 is 5.97 Å². The van der Waals surface area contributed by atoms with Crippen molar-refractivity contribution in [1.82, 2.24) is 5.32 Å². The van der Waals surface area contributed by atoms with E-state index in [1.807, 2.05) is 0 Å². The minimum Gasteiger partial charge on any atom is -0.491 e. The summed E-state index contributed by atoms with van der Waals surface area (Å²) >= 11 is 0. The Kier molecular flexibility index (Phi) is 4.37. The third-order valence-electron chi connectivity index (χ3n) is 3.01. The number of halogens is 1. The summed E-state index contributed by atoms with van der Waals surface area (Å²) < 4.78 is 23.7. The van der Waals surface area contributed by atoms with E-state index in [4.69, 9.17) is 9.47 Å². The highest BCUT2D eigenvalue weighted by Crippen LogP contribution is 2.27. The van der Waals surface area contributed by atoms with Crippen molar-refractivity contribution in [3.05, 3.63) is 29.6 Å². The van der Waals surface area contributed by atoms with Gasteiger partial charge < -0.3 is 9.47 Å². The first-order valence-electron chi connectivity index (χ1n) is 6.41. The summed E-state index contributed by atoms with van der Waals surface area (Å²) in [6.07, 6.45) is 2.07. The molecule has 5 heteroatoms. The smallest absolute Gasteiger partial charge is 0.327 e. The summed E-state index contributed by atoms with van der Waals surface area (Å²) in [5, 5.41) is 3.15. The number of carbonyl (C=O) groups is 1. The van der Waals surface area contributed by atoms with Crippen molar-refractivity contribution in [3.63, 3.8) is 0 Å². The number of methoxy groups -OCH3 is 1. The molecule has 0 radical (unpaired) electrons. The molecule has 1 unspecified atom stereocenters. The molecule has 0 amide bonds. The van der Waals surface area contributed by atoms with Gasteiger partial charge in [0.2, 0.25) is 0 Å². The van der Waals surface area contributed by atoms with Crippen LogP contribution in [0.5, 0.6) is 5.75 Å². The topological polar surface area (TPSA) is 47.6 Å². The van der Waals surface area contributed by atoms with E-state index in [0.29, 0.717) is 18.2 Å². The lowest BCUT2D eigenvalue weighted by Crippen LogP contribution is -2.31. The standard InChI is InChI=1S/C14H18FNO3/c1-3-19-12-7-4-9(8-11(12)15)13(14(17)18-2)16-10-5-6-10/h4,7-8,10,13,16H,3,5-6H2,1-2H3. The highest BCUT2D eigenvalue weighted by atomic mass is 19.1. The molecule has 1 aliphatic carbocycles. The molecule has 0 aliphatic heterocycles. The van der Waals surface area contributed by atoms with Crippen LogP contribution in [0.1, 0.15) is 31.4 Å². The van der Waals surface area contributed by atoms with Gasteiger partial charge in [0.25, 0.3) is 0 Å². The zero-order chi connectivity index (χ0) is 13.8. The predicted molar refractivity (Wildman–Crippen MR) is 68.5 cm³/mol. The summed E-state index contributed by atoms with van der Waals surface area (Å²) in [5.74, 6) is -0.678. The van der Waals surface area contributed by atoms with Crippen LogP contribution < -0.4 is 10.1 Å². The van der Waals surface area contributed by atoms with E-state index in [0.717, 1.165) is 12.8 Å². The number of ether oxygens (including phenoxy) is 2. The molecule has 0 aromatic heterocycles. The highest BCUT2D eigenvalue weighted by Gasteiger charge is 2.30. The van der Waals surface area contributed by atoms with Crippen LogP contribution in [-0.4, -0.2) is 25.7 Å². The first kappa shape index (κ1) is 13.8. The van der Waals surface area contributed by atoms with Crippen LogP contribution in [0, 0.1) is 5.82 Å². The fourth-order valence-electron chi connectivity index (χ4n) is 1.87. The van der Waals surface area contributed by atoms with Gasteiger partial charge in [0.15, 0.2) is 11.6 Å². The van der Waals surface area contributed by atoms with E-state index < -0.39 is 17.8 Å². The van der Waals surface area contributed by atoms with E-state index in [-0.39, 0.29) is 5.75 Å². The Bertz CT molecular complexity index is 460. The van der Waals surface area contributed by atoms with Gasteiger partial charge in [-0.3, -0.25) is 5.32 Å². The second-order valence-corrected chi connectivity index (χ2v) is 4.52. The van der Waals surface area contributed by atoms with Crippen LogP contribution in [0.25, 0.3) is 0 Å². The molecule has 1 aliphatic rings. The molecule has 19 heavy (non-hydrogen) atoms. The minimum absolute atomic E-state index is 0.196. The van der Waals surface area contributed by atoms with Gasteiger partial charge in [-0.2, -0.15) is 0 Å². The van der Waals surface area contributed by atoms with Crippen molar-refractivity contribution in [3.8, 4) is 5.75 Å². The average molecular weight is 267 g/mol. The molecule has 1 atom stereocenters. The van der Waals surface area contributed by atoms with Crippen LogP contribution in [0.15, 0.2) is 18.2 Å². The van der Waals surface area contributed by atoms with Crippen molar-refractivity contribution in [1.29, 1.82) is 0 Å². The fourth-order valence-corrected chi connectivity index (χ4v) is 1.87. The third kappa shape index (κ3) is 3.44. The lowest BCUT2D eigenvalue weighted by molar-refractivity contribution is -0.143. The first-order chi connectivity index (χ1) is 9.15. The highest BCUT2D eigenvalue weighted by molar-refractivity contribution is 5.77. The van der Waals surface area contributed by atoms with Gasteiger partial charge in [-0.1, -0.05) is 6.07 Å². The molecule has 0 heterocycles. The number of carbonyl (C=O) groups excluding carboxylic acids is 1. The zero-order valence-corrected chi connectivity index (χ0v) is 11.1. The molecule has 1 N–H and O–H groups in total. The van der Waals surface area contributed by atoms with Gasteiger partial charge in [0.05, 0.1) is 13.7 Å². The molecule has 1 saturated carbocycles. The maximum absolute atomic E-state index is 13.8. The fraction of sp³-hybridized carbons (Fsp3) is 0.500. The molecule has 1 aromatic carbocycles. The lowest BCUT2D eigenvalue weighted by atomic mass is 10.1.